The zero-order chi connectivity index (χ0) is 14.2. The van der Waals surface area contributed by atoms with E-state index in [2.05, 4.69) is 14.9 Å². The van der Waals surface area contributed by atoms with Gasteiger partial charge in [-0.2, -0.15) is 5.10 Å². The summed E-state index contributed by atoms with van der Waals surface area (Å²) in [5.74, 6) is 0.0936. The van der Waals surface area contributed by atoms with E-state index in [9.17, 15) is 13.5 Å². The molecule has 6 nitrogen and oxygen atoms in total. The van der Waals surface area contributed by atoms with Crippen LogP contribution < -0.4 is 4.72 Å². The lowest BCUT2D eigenvalue weighted by molar-refractivity contribution is 0.475. The van der Waals surface area contributed by atoms with Crippen molar-refractivity contribution < 1.29 is 13.5 Å². The van der Waals surface area contributed by atoms with E-state index in [0.717, 1.165) is 0 Å². The van der Waals surface area contributed by atoms with Crippen molar-refractivity contribution in [3.05, 3.63) is 35.2 Å². The zero-order valence-corrected chi connectivity index (χ0v) is 11.7. The largest absolute Gasteiger partial charge is 0.508 e. The molecule has 0 spiro atoms. The average Bonchev–Trinajstić information content (AvgIpc) is 2.63. The van der Waals surface area contributed by atoms with Crippen LogP contribution in [0.25, 0.3) is 0 Å². The van der Waals surface area contributed by atoms with Crippen molar-refractivity contribution >= 4 is 15.7 Å². The Hall–Kier alpha value is -2.02. The van der Waals surface area contributed by atoms with Crippen LogP contribution in [0.3, 0.4) is 0 Å². The molecule has 0 atom stereocenters. The second-order valence-electron chi connectivity index (χ2n) is 4.37. The van der Waals surface area contributed by atoms with E-state index in [1.807, 2.05) is 0 Å². The molecule has 19 heavy (non-hydrogen) atoms. The average molecular weight is 281 g/mol. The number of H-pyrrole nitrogens is 1. The summed E-state index contributed by atoms with van der Waals surface area (Å²) >= 11 is 0. The molecule has 1 aromatic carbocycles. The maximum atomic E-state index is 12.3. The lowest BCUT2D eigenvalue weighted by atomic mass is 10.2. The number of anilines is 1. The monoisotopic (exact) mass is 281 g/mol. The van der Waals surface area contributed by atoms with E-state index in [1.165, 1.54) is 18.2 Å². The third-order valence-corrected chi connectivity index (χ3v) is 4.41. The van der Waals surface area contributed by atoms with E-state index in [4.69, 9.17) is 0 Å². The van der Waals surface area contributed by atoms with Gasteiger partial charge in [-0.1, -0.05) is 0 Å². The van der Waals surface area contributed by atoms with Crippen molar-refractivity contribution in [3.8, 4) is 5.75 Å². The molecule has 0 aliphatic rings. The van der Waals surface area contributed by atoms with Gasteiger partial charge in [0.2, 0.25) is 0 Å². The summed E-state index contributed by atoms with van der Waals surface area (Å²) in [5.41, 5.74) is 1.98. The number of aromatic hydroxyl groups is 1. The molecule has 0 amide bonds. The zero-order valence-electron chi connectivity index (χ0n) is 10.9. The van der Waals surface area contributed by atoms with Crippen LogP contribution in [0.4, 0.5) is 5.69 Å². The summed E-state index contributed by atoms with van der Waals surface area (Å²) < 4.78 is 27.1. The van der Waals surface area contributed by atoms with Crippen LogP contribution in [0.1, 0.15) is 17.0 Å². The molecular formula is C12H15N3O3S. The molecule has 1 aromatic heterocycles. The summed E-state index contributed by atoms with van der Waals surface area (Å²) in [7, 11) is -3.69. The maximum absolute atomic E-state index is 12.3. The van der Waals surface area contributed by atoms with Crippen molar-refractivity contribution in [2.24, 2.45) is 0 Å². The number of phenolic OH excluding ortho intramolecular Hbond substituents is 1. The number of phenols is 1. The second kappa shape index (κ2) is 4.58. The summed E-state index contributed by atoms with van der Waals surface area (Å²) in [6.45, 7) is 4.99. The number of nitrogens with one attached hydrogen (secondary N) is 2. The fourth-order valence-corrected chi connectivity index (χ4v) is 3.40. The summed E-state index contributed by atoms with van der Waals surface area (Å²) in [5, 5.41) is 15.8. The Labute approximate surface area is 111 Å². The van der Waals surface area contributed by atoms with Crippen LogP contribution >= 0.6 is 0 Å². The molecule has 0 unspecified atom stereocenters. The fraction of sp³-hybridized carbons (Fsp3) is 0.250. The minimum absolute atomic E-state index is 0.0936. The van der Waals surface area contributed by atoms with E-state index < -0.39 is 10.0 Å². The van der Waals surface area contributed by atoms with Crippen LogP contribution in [-0.4, -0.2) is 23.7 Å². The number of rotatable bonds is 3. The van der Waals surface area contributed by atoms with Gasteiger partial charge in [0.05, 0.1) is 17.1 Å². The number of aromatic amines is 1. The highest BCUT2D eigenvalue weighted by Gasteiger charge is 2.22. The highest BCUT2D eigenvalue weighted by Crippen LogP contribution is 2.25. The molecule has 0 aliphatic carbocycles. The van der Waals surface area contributed by atoms with E-state index in [-0.39, 0.29) is 10.6 Å². The molecular weight excluding hydrogens is 266 g/mol. The summed E-state index contributed by atoms with van der Waals surface area (Å²) in [6, 6.07) is 4.44. The first-order valence-corrected chi connectivity index (χ1v) is 7.13. The summed E-state index contributed by atoms with van der Waals surface area (Å²) in [4.78, 5) is 0.153. The quantitative estimate of drug-likeness (QED) is 0.748. The Morgan fingerprint density at radius 2 is 1.95 bits per heavy atom. The molecule has 1 heterocycles. The fourth-order valence-electron chi connectivity index (χ4n) is 1.89. The van der Waals surface area contributed by atoms with E-state index >= 15 is 0 Å². The van der Waals surface area contributed by atoms with Gasteiger partial charge in [-0.3, -0.25) is 9.82 Å². The predicted molar refractivity (Wildman–Crippen MR) is 71.7 cm³/mol. The van der Waals surface area contributed by atoms with Gasteiger partial charge >= 0.3 is 0 Å². The normalized spacial score (nSPS) is 11.5. The standard InChI is InChI=1S/C12H15N3O3S/c1-7-6-10(16)4-5-11(7)15-19(17,18)12-8(2)13-14-9(12)3/h4-6,15-16H,1-3H3,(H,13,14). The Balaban J connectivity index is 2.42. The Morgan fingerprint density at radius 3 is 2.47 bits per heavy atom. The third kappa shape index (κ3) is 2.55. The molecule has 0 saturated heterocycles. The van der Waals surface area contributed by atoms with Gasteiger partial charge in [0.15, 0.2) is 0 Å². The molecule has 0 fully saturated rings. The predicted octanol–water partition coefficient (Wildman–Crippen LogP) is 1.84. The molecule has 0 saturated carbocycles. The van der Waals surface area contributed by atoms with Crippen LogP contribution in [0.5, 0.6) is 5.75 Å². The topological polar surface area (TPSA) is 95.1 Å². The molecule has 2 rings (SSSR count). The minimum Gasteiger partial charge on any atom is -0.508 e. The number of hydrogen-bond donors (Lipinski definition) is 3. The molecule has 102 valence electrons. The van der Waals surface area contributed by atoms with Gasteiger partial charge in [0, 0.05) is 0 Å². The van der Waals surface area contributed by atoms with Crippen LogP contribution in [0, 0.1) is 20.8 Å². The van der Waals surface area contributed by atoms with E-state index in [0.29, 0.717) is 22.6 Å². The van der Waals surface area contributed by atoms with Gasteiger partial charge < -0.3 is 5.11 Å². The van der Waals surface area contributed by atoms with Crippen LogP contribution in [-0.2, 0) is 10.0 Å². The first-order chi connectivity index (χ1) is 8.81. The van der Waals surface area contributed by atoms with Crippen molar-refractivity contribution in [1.82, 2.24) is 10.2 Å². The first-order valence-electron chi connectivity index (χ1n) is 5.65. The van der Waals surface area contributed by atoms with Crippen LogP contribution in [0.2, 0.25) is 0 Å². The maximum Gasteiger partial charge on any atom is 0.265 e. The van der Waals surface area contributed by atoms with Crippen molar-refractivity contribution in [2.75, 3.05) is 4.72 Å². The molecule has 0 bridgehead atoms. The van der Waals surface area contributed by atoms with Gasteiger partial charge in [-0.25, -0.2) is 8.42 Å². The first kappa shape index (κ1) is 13.4. The number of sulfonamides is 1. The molecule has 0 radical (unpaired) electrons. The SMILES string of the molecule is Cc1cc(O)ccc1NS(=O)(=O)c1c(C)n[nH]c1C. The lowest BCUT2D eigenvalue weighted by Crippen LogP contribution is -2.15. The van der Waals surface area contributed by atoms with Crippen molar-refractivity contribution in [3.63, 3.8) is 0 Å². The van der Waals surface area contributed by atoms with Gasteiger partial charge in [-0.15, -0.1) is 0 Å². The van der Waals surface area contributed by atoms with Crippen LogP contribution in [0.15, 0.2) is 23.1 Å². The van der Waals surface area contributed by atoms with Crippen molar-refractivity contribution in [1.29, 1.82) is 0 Å². The highest BCUT2D eigenvalue weighted by molar-refractivity contribution is 7.92. The highest BCUT2D eigenvalue weighted by atomic mass is 32.2. The molecule has 2 aromatic rings. The van der Waals surface area contributed by atoms with Gasteiger partial charge in [0.25, 0.3) is 10.0 Å². The van der Waals surface area contributed by atoms with Gasteiger partial charge in [-0.05, 0) is 44.5 Å². The Kier molecular flexibility index (Phi) is 3.23. The third-order valence-electron chi connectivity index (χ3n) is 2.78. The number of nitrogens with zero attached hydrogens (tertiary/aromatic N) is 1. The summed E-state index contributed by atoms with van der Waals surface area (Å²) in [6.07, 6.45) is 0. The van der Waals surface area contributed by atoms with Gasteiger partial charge in [0.1, 0.15) is 10.6 Å². The lowest BCUT2D eigenvalue weighted by Gasteiger charge is -2.10. The Bertz CT molecular complexity index is 700. The molecule has 7 heteroatoms. The molecule has 0 aliphatic heterocycles. The Morgan fingerprint density at radius 1 is 1.26 bits per heavy atom. The molecule has 3 N–H and O–H groups in total. The smallest absolute Gasteiger partial charge is 0.265 e. The number of benzene rings is 1. The number of hydrogen-bond acceptors (Lipinski definition) is 4. The van der Waals surface area contributed by atoms with Crippen molar-refractivity contribution in [2.45, 2.75) is 25.7 Å². The number of aryl methyl sites for hydroxylation is 3. The van der Waals surface area contributed by atoms with E-state index in [1.54, 1.807) is 20.8 Å². The second-order valence-corrected chi connectivity index (χ2v) is 5.99. The number of aromatic nitrogens is 2. The minimum atomic E-state index is -3.69.